The number of rotatable bonds is 1. The lowest BCUT2D eigenvalue weighted by atomic mass is 9.93. The van der Waals surface area contributed by atoms with Crippen LogP contribution in [0.3, 0.4) is 0 Å². The molecule has 1 aliphatic carbocycles. The van der Waals surface area contributed by atoms with Crippen LogP contribution in [0.5, 0.6) is 0 Å². The number of carbonyl (C=O) groups excluding carboxylic acids is 1. The van der Waals surface area contributed by atoms with E-state index < -0.39 is 5.79 Å². The Balaban J connectivity index is 2.17. The zero-order chi connectivity index (χ0) is 10.7. The highest BCUT2D eigenvalue weighted by Crippen LogP contribution is 2.39. The first-order valence-electron chi connectivity index (χ1n) is 5.64. The summed E-state index contributed by atoms with van der Waals surface area (Å²) in [6.07, 6.45) is 4.88. The van der Waals surface area contributed by atoms with Gasteiger partial charge in [0.25, 0.3) is 0 Å². The molecular formula is C11H18O4. The van der Waals surface area contributed by atoms with Crippen molar-refractivity contribution in [1.29, 1.82) is 0 Å². The van der Waals surface area contributed by atoms with Crippen LogP contribution in [-0.2, 0) is 19.0 Å². The third kappa shape index (κ3) is 2.01. The molecule has 1 unspecified atom stereocenters. The molecule has 2 rings (SSSR count). The molecule has 0 radical (unpaired) electrons. The van der Waals surface area contributed by atoms with Gasteiger partial charge in [0.15, 0.2) is 5.79 Å². The molecule has 1 saturated carbocycles. The molecular weight excluding hydrogens is 196 g/mol. The van der Waals surface area contributed by atoms with Crippen LogP contribution in [-0.4, -0.2) is 32.1 Å². The van der Waals surface area contributed by atoms with Crippen molar-refractivity contribution in [3.8, 4) is 0 Å². The molecule has 1 spiro atoms. The number of esters is 1. The summed E-state index contributed by atoms with van der Waals surface area (Å²) in [5.41, 5.74) is 0. The second-order valence-electron chi connectivity index (χ2n) is 4.18. The Morgan fingerprint density at radius 2 is 2.00 bits per heavy atom. The summed E-state index contributed by atoms with van der Waals surface area (Å²) in [5, 5.41) is 0. The summed E-state index contributed by atoms with van der Waals surface area (Å²) >= 11 is 0. The molecule has 0 aromatic rings. The normalized spacial score (nSPS) is 30.1. The minimum absolute atomic E-state index is 0.196. The molecule has 4 heteroatoms. The SMILES string of the molecule is COC(=O)C1CCCCCC12OCCO2. The Bertz CT molecular complexity index is 233. The molecule has 1 atom stereocenters. The predicted octanol–water partition coefficient (Wildman–Crippen LogP) is 1.48. The van der Waals surface area contributed by atoms with Crippen LogP contribution in [0.4, 0.5) is 0 Å². The second kappa shape index (κ2) is 4.49. The first-order valence-corrected chi connectivity index (χ1v) is 5.64. The molecule has 2 fully saturated rings. The Labute approximate surface area is 89.9 Å². The van der Waals surface area contributed by atoms with Gasteiger partial charge in [-0.05, 0) is 12.8 Å². The Morgan fingerprint density at radius 3 is 2.67 bits per heavy atom. The molecule has 15 heavy (non-hydrogen) atoms. The average Bonchev–Trinajstić information content (AvgIpc) is 2.61. The van der Waals surface area contributed by atoms with Crippen molar-refractivity contribution < 1.29 is 19.0 Å². The van der Waals surface area contributed by atoms with Crippen LogP contribution in [0.25, 0.3) is 0 Å². The molecule has 0 aromatic carbocycles. The quantitative estimate of drug-likeness (QED) is 0.620. The highest BCUT2D eigenvalue weighted by Gasteiger charge is 2.48. The van der Waals surface area contributed by atoms with E-state index in [9.17, 15) is 4.79 Å². The number of methoxy groups -OCH3 is 1. The van der Waals surface area contributed by atoms with Crippen LogP contribution < -0.4 is 0 Å². The Kier molecular flexibility index (Phi) is 3.26. The molecule has 86 valence electrons. The van der Waals surface area contributed by atoms with Crippen molar-refractivity contribution in [2.24, 2.45) is 5.92 Å². The standard InChI is InChI=1S/C11H18O4/c1-13-10(12)9-5-3-2-4-6-11(9)14-7-8-15-11/h9H,2-8H2,1H3. The third-order valence-corrected chi connectivity index (χ3v) is 3.31. The fraction of sp³-hybridized carbons (Fsp3) is 0.909. The largest absolute Gasteiger partial charge is 0.469 e. The van der Waals surface area contributed by atoms with Crippen molar-refractivity contribution in [3.05, 3.63) is 0 Å². The highest BCUT2D eigenvalue weighted by molar-refractivity contribution is 5.73. The fourth-order valence-corrected chi connectivity index (χ4v) is 2.55. The monoisotopic (exact) mass is 214 g/mol. The van der Waals surface area contributed by atoms with Gasteiger partial charge in [-0.25, -0.2) is 0 Å². The molecule has 0 bridgehead atoms. The van der Waals surface area contributed by atoms with Gasteiger partial charge in [0.1, 0.15) is 5.92 Å². The number of carbonyl (C=O) groups is 1. The van der Waals surface area contributed by atoms with Gasteiger partial charge in [-0.15, -0.1) is 0 Å². The maximum atomic E-state index is 11.7. The predicted molar refractivity (Wildman–Crippen MR) is 53.2 cm³/mol. The third-order valence-electron chi connectivity index (χ3n) is 3.31. The zero-order valence-electron chi connectivity index (χ0n) is 9.16. The van der Waals surface area contributed by atoms with Crippen molar-refractivity contribution >= 4 is 5.97 Å². The number of hydrogen-bond acceptors (Lipinski definition) is 4. The molecule has 2 aliphatic rings. The minimum atomic E-state index is -0.677. The van der Waals surface area contributed by atoms with Crippen molar-refractivity contribution in [2.45, 2.75) is 37.9 Å². The van der Waals surface area contributed by atoms with Gasteiger partial charge in [-0.3, -0.25) is 4.79 Å². The minimum Gasteiger partial charge on any atom is -0.469 e. The maximum Gasteiger partial charge on any atom is 0.314 e. The van der Waals surface area contributed by atoms with Gasteiger partial charge in [0, 0.05) is 6.42 Å². The second-order valence-corrected chi connectivity index (χ2v) is 4.18. The van der Waals surface area contributed by atoms with E-state index in [4.69, 9.17) is 14.2 Å². The average molecular weight is 214 g/mol. The molecule has 0 amide bonds. The van der Waals surface area contributed by atoms with Gasteiger partial charge in [-0.1, -0.05) is 12.8 Å². The molecule has 1 aliphatic heterocycles. The highest BCUT2D eigenvalue weighted by atomic mass is 16.7. The summed E-state index contributed by atoms with van der Waals surface area (Å²) in [4.78, 5) is 11.7. The van der Waals surface area contributed by atoms with Gasteiger partial charge < -0.3 is 14.2 Å². The molecule has 1 heterocycles. The lowest BCUT2D eigenvalue weighted by molar-refractivity contribution is -0.210. The summed E-state index contributed by atoms with van der Waals surface area (Å²) in [6.45, 7) is 1.18. The van der Waals surface area contributed by atoms with Gasteiger partial charge in [-0.2, -0.15) is 0 Å². The van der Waals surface area contributed by atoms with Crippen LogP contribution >= 0.6 is 0 Å². The van der Waals surface area contributed by atoms with Crippen LogP contribution in [0, 0.1) is 5.92 Å². The van der Waals surface area contributed by atoms with Gasteiger partial charge >= 0.3 is 5.97 Å². The smallest absolute Gasteiger partial charge is 0.314 e. The Hall–Kier alpha value is -0.610. The number of hydrogen-bond donors (Lipinski definition) is 0. The van der Waals surface area contributed by atoms with Crippen LogP contribution in [0.15, 0.2) is 0 Å². The summed E-state index contributed by atoms with van der Waals surface area (Å²) in [6, 6.07) is 0. The summed E-state index contributed by atoms with van der Waals surface area (Å²) in [7, 11) is 1.43. The van der Waals surface area contributed by atoms with E-state index in [2.05, 4.69) is 0 Å². The molecule has 0 aromatic heterocycles. The first kappa shape index (κ1) is 10.9. The Morgan fingerprint density at radius 1 is 1.27 bits per heavy atom. The lowest BCUT2D eigenvalue weighted by Crippen LogP contribution is -2.43. The topological polar surface area (TPSA) is 44.8 Å². The van der Waals surface area contributed by atoms with E-state index in [0.29, 0.717) is 13.2 Å². The van der Waals surface area contributed by atoms with E-state index in [1.165, 1.54) is 7.11 Å². The van der Waals surface area contributed by atoms with E-state index in [-0.39, 0.29) is 11.9 Å². The summed E-state index contributed by atoms with van der Waals surface area (Å²) in [5.74, 6) is -1.12. The zero-order valence-corrected chi connectivity index (χ0v) is 9.16. The van der Waals surface area contributed by atoms with Crippen molar-refractivity contribution in [3.63, 3.8) is 0 Å². The molecule has 4 nitrogen and oxygen atoms in total. The van der Waals surface area contributed by atoms with Crippen LogP contribution in [0.1, 0.15) is 32.1 Å². The molecule has 0 N–H and O–H groups in total. The number of ether oxygens (including phenoxy) is 3. The fourth-order valence-electron chi connectivity index (χ4n) is 2.55. The van der Waals surface area contributed by atoms with E-state index in [1.807, 2.05) is 0 Å². The van der Waals surface area contributed by atoms with E-state index in [0.717, 1.165) is 32.1 Å². The van der Waals surface area contributed by atoms with Gasteiger partial charge in [0.05, 0.1) is 20.3 Å². The summed E-state index contributed by atoms with van der Waals surface area (Å²) < 4.78 is 16.2. The first-order chi connectivity index (χ1) is 7.28. The lowest BCUT2D eigenvalue weighted by Gasteiger charge is -2.32. The van der Waals surface area contributed by atoms with Crippen molar-refractivity contribution in [2.75, 3.05) is 20.3 Å². The van der Waals surface area contributed by atoms with E-state index in [1.54, 1.807) is 0 Å². The van der Waals surface area contributed by atoms with Crippen LogP contribution in [0.2, 0.25) is 0 Å². The van der Waals surface area contributed by atoms with Gasteiger partial charge in [0.2, 0.25) is 0 Å². The van der Waals surface area contributed by atoms with E-state index >= 15 is 0 Å². The molecule has 1 saturated heterocycles. The maximum absolute atomic E-state index is 11.7. The van der Waals surface area contributed by atoms with Crippen molar-refractivity contribution in [1.82, 2.24) is 0 Å².